The van der Waals surface area contributed by atoms with Gasteiger partial charge in [-0.25, -0.2) is 4.68 Å². The van der Waals surface area contributed by atoms with Crippen LogP contribution in [0, 0.1) is 5.92 Å². The fourth-order valence-corrected chi connectivity index (χ4v) is 1.72. The lowest BCUT2D eigenvalue weighted by Gasteiger charge is -2.03. The van der Waals surface area contributed by atoms with Gasteiger partial charge in [-0.3, -0.25) is 0 Å². The van der Waals surface area contributed by atoms with Gasteiger partial charge in [0.1, 0.15) is 10.7 Å². The molecule has 0 aliphatic heterocycles. The molecule has 0 amide bonds. The molecule has 1 aromatic rings. The predicted molar refractivity (Wildman–Crippen MR) is 58.0 cm³/mol. The summed E-state index contributed by atoms with van der Waals surface area (Å²) in [7, 11) is 0. The van der Waals surface area contributed by atoms with Crippen LogP contribution in [0.2, 0.25) is 0 Å². The lowest BCUT2D eigenvalue weighted by Crippen LogP contribution is -2.14. The van der Waals surface area contributed by atoms with Gasteiger partial charge >= 0.3 is 0 Å². The molecule has 1 aromatic heterocycles. The first-order valence-electron chi connectivity index (χ1n) is 4.94. The van der Waals surface area contributed by atoms with E-state index in [1.807, 2.05) is 4.68 Å². The Morgan fingerprint density at radius 3 is 2.86 bits per heavy atom. The topological polar surface area (TPSA) is 56.7 Å². The van der Waals surface area contributed by atoms with E-state index >= 15 is 0 Å². The van der Waals surface area contributed by atoms with Crippen LogP contribution in [0.25, 0.3) is 0 Å². The molecule has 4 nitrogen and oxygen atoms in total. The number of thiocarbonyl (C=S) groups is 1. The summed E-state index contributed by atoms with van der Waals surface area (Å²) in [6, 6.07) is 0. The Kier molecular flexibility index (Phi) is 2.50. The van der Waals surface area contributed by atoms with E-state index in [1.54, 1.807) is 0 Å². The average Bonchev–Trinajstić information content (AvgIpc) is 2.83. The molecule has 14 heavy (non-hydrogen) atoms. The fraction of sp³-hybridized carbons (Fsp3) is 0.667. The Labute approximate surface area is 88.5 Å². The van der Waals surface area contributed by atoms with Crippen molar-refractivity contribution in [1.29, 1.82) is 0 Å². The van der Waals surface area contributed by atoms with Crippen LogP contribution >= 0.6 is 12.2 Å². The SMILES string of the molecule is CCc1c(C(N)=S)nnn1CC1CC1. The van der Waals surface area contributed by atoms with Gasteiger partial charge in [0.2, 0.25) is 0 Å². The lowest BCUT2D eigenvalue weighted by molar-refractivity contribution is 0.526. The van der Waals surface area contributed by atoms with Crippen molar-refractivity contribution >= 4 is 17.2 Å². The second kappa shape index (κ2) is 3.65. The van der Waals surface area contributed by atoms with Gasteiger partial charge in [-0.15, -0.1) is 5.10 Å². The zero-order valence-corrected chi connectivity index (χ0v) is 9.05. The number of aromatic nitrogens is 3. The van der Waals surface area contributed by atoms with E-state index < -0.39 is 0 Å². The molecular weight excluding hydrogens is 196 g/mol. The zero-order chi connectivity index (χ0) is 10.1. The van der Waals surface area contributed by atoms with Crippen molar-refractivity contribution in [1.82, 2.24) is 15.0 Å². The van der Waals surface area contributed by atoms with E-state index in [9.17, 15) is 0 Å². The summed E-state index contributed by atoms with van der Waals surface area (Å²) in [5.41, 5.74) is 7.34. The van der Waals surface area contributed by atoms with Crippen LogP contribution in [-0.2, 0) is 13.0 Å². The van der Waals surface area contributed by atoms with E-state index in [2.05, 4.69) is 17.2 Å². The molecule has 5 heteroatoms. The maximum absolute atomic E-state index is 5.57. The minimum atomic E-state index is 0.351. The summed E-state index contributed by atoms with van der Waals surface area (Å²) in [6.07, 6.45) is 3.50. The summed E-state index contributed by atoms with van der Waals surface area (Å²) in [5, 5.41) is 8.10. The van der Waals surface area contributed by atoms with Gasteiger partial charge in [0, 0.05) is 6.54 Å². The second-order valence-electron chi connectivity index (χ2n) is 3.73. The quantitative estimate of drug-likeness (QED) is 0.750. The van der Waals surface area contributed by atoms with E-state index in [4.69, 9.17) is 18.0 Å². The van der Waals surface area contributed by atoms with Crippen molar-refractivity contribution in [2.45, 2.75) is 32.7 Å². The molecular formula is C9H14N4S. The standard InChI is InChI=1S/C9H14N4S/c1-2-7-8(9(10)14)11-12-13(7)5-6-3-4-6/h6H,2-5H2,1H3,(H2,10,14). The summed E-state index contributed by atoms with van der Waals surface area (Å²) < 4.78 is 1.95. The van der Waals surface area contributed by atoms with E-state index in [-0.39, 0.29) is 0 Å². The van der Waals surface area contributed by atoms with Gasteiger partial charge < -0.3 is 5.73 Å². The third-order valence-electron chi connectivity index (χ3n) is 2.53. The molecule has 1 heterocycles. The fourth-order valence-electron chi connectivity index (χ4n) is 1.57. The normalized spacial score (nSPS) is 15.8. The summed E-state index contributed by atoms with van der Waals surface area (Å²) in [4.78, 5) is 0.351. The Hall–Kier alpha value is -0.970. The average molecular weight is 210 g/mol. The molecule has 1 fully saturated rings. The van der Waals surface area contributed by atoms with Gasteiger partial charge in [-0.2, -0.15) is 0 Å². The van der Waals surface area contributed by atoms with Gasteiger partial charge in [0.15, 0.2) is 0 Å². The van der Waals surface area contributed by atoms with Crippen LogP contribution in [-0.4, -0.2) is 20.0 Å². The van der Waals surface area contributed by atoms with Gasteiger partial charge in [-0.1, -0.05) is 24.4 Å². The Bertz CT molecular complexity index is 354. The summed E-state index contributed by atoms with van der Waals surface area (Å²) >= 11 is 4.92. The van der Waals surface area contributed by atoms with Crippen molar-refractivity contribution in [3.8, 4) is 0 Å². The molecule has 0 radical (unpaired) electrons. The second-order valence-corrected chi connectivity index (χ2v) is 4.17. The molecule has 1 aliphatic rings. The van der Waals surface area contributed by atoms with Crippen molar-refractivity contribution in [3.05, 3.63) is 11.4 Å². The first kappa shape index (κ1) is 9.58. The predicted octanol–water partition coefficient (Wildman–Crippen LogP) is 0.885. The van der Waals surface area contributed by atoms with E-state index in [0.717, 1.165) is 24.6 Å². The molecule has 2 N–H and O–H groups in total. The minimum Gasteiger partial charge on any atom is -0.388 e. The van der Waals surface area contributed by atoms with Gasteiger partial charge in [0.05, 0.1) is 5.69 Å². The maximum atomic E-state index is 5.57. The molecule has 76 valence electrons. The van der Waals surface area contributed by atoms with Crippen LogP contribution in [0.5, 0.6) is 0 Å². The Balaban J connectivity index is 2.25. The Morgan fingerprint density at radius 2 is 2.36 bits per heavy atom. The largest absolute Gasteiger partial charge is 0.388 e. The van der Waals surface area contributed by atoms with Gasteiger partial charge in [-0.05, 0) is 25.2 Å². The number of nitrogens with two attached hydrogens (primary N) is 1. The van der Waals surface area contributed by atoms with E-state index in [1.165, 1.54) is 12.8 Å². The first-order valence-corrected chi connectivity index (χ1v) is 5.35. The third-order valence-corrected chi connectivity index (χ3v) is 2.73. The highest BCUT2D eigenvalue weighted by Gasteiger charge is 2.24. The van der Waals surface area contributed by atoms with Crippen LogP contribution in [0.1, 0.15) is 31.2 Å². The number of rotatable bonds is 4. The van der Waals surface area contributed by atoms with Crippen LogP contribution < -0.4 is 5.73 Å². The van der Waals surface area contributed by atoms with Crippen LogP contribution in [0.15, 0.2) is 0 Å². The highest BCUT2D eigenvalue weighted by atomic mass is 32.1. The molecule has 0 saturated heterocycles. The van der Waals surface area contributed by atoms with Crippen molar-refractivity contribution in [2.24, 2.45) is 11.7 Å². The summed E-state index contributed by atoms with van der Waals surface area (Å²) in [5.74, 6) is 0.793. The number of nitrogens with zero attached hydrogens (tertiary/aromatic N) is 3. The van der Waals surface area contributed by atoms with Crippen LogP contribution in [0.4, 0.5) is 0 Å². The van der Waals surface area contributed by atoms with Crippen LogP contribution in [0.3, 0.4) is 0 Å². The minimum absolute atomic E-state index is 0.351. The van der Waals surface area contributed by atoms with Crippen molar-refractivity contribution in [3.63, 3.8) is 0 Å². The van der Waals surface area contributed by atoms with E-state index in [0.29, 0.717) is 10.7 Å². The molecule has 0 aromatic carbocycles. The molecule has 2 rings (SSSR count). The van der Waals surface area contributed by atoms with Crippen molar-refractivity contribution < 1.29 is 0 Å². The molecule has 0 atom stereocenters. The molecule has 0 bridgehead atoms. The number of hydrogen-bond acceptors (Lipinski definition) is 3. The van der Waals surface area contributed by atoms with Gasteiger partial charge in [0.25, 0.3) is 0 Å². The molecule has 0 unspecified atom stereocenters. The zero-order valence-electron chi connectivity index (χ0n) is 8.23. The maximum Gasteiger partial charge on any atom is 0.143 e. The lowest BCUT2D eigenvalue weighted by atomic mass is 10.2. The molecule has 1 aliphatic carbocycles. The third kappa shape index (κ3) is 1.77. The summed E-state index contributed by atoms with van der Waals surface area (Å²) in [6.45, 7) is 3.04. The van der Waals surface area contributed by atoms with Crippen molar-refractivity contribution in [2.75, 3.05) is 0 Å². The smallest absolute Gasteiger partial charge is 0.143 e. The first-order chi connectivity index (χ1) is 6.72. The highest BCUT2D eigenvalue weighted by Crippen LogP contribution is 2.30. The molecule has 0 spiro atoms. The monoisotopic (exact) mass is 210 g/mol. The Morgan fingerprint density at radius 1 is 1.64 bits per heavy atom. The highest BCUT2D eigenvalue weighted by molar-refractivity contribution is 7.80. The number of hydrogen-bond donors (Lipinski definition) is 1. The molecule has 1 saturated carbocycles.